The first kappa shape index (κ1) is 16.0. The second-order valence-corrected chi connectivity index (χ2v) is 6.13. The highest BCUT2D eigenvalue weighted by Gasteiger charge is 2.16. The normalized spacial score (nSPS) is 10.7. The molecule has 2 aromatic heterocycles. The summed E-state index contributed by atoms with van der Waals surface area (Å²) in [6.07, 6.45) is 3.66. The van der Waals surface area contributed by atoms with Crippen molar-refractivity contribution < 1.29 is 0 Å². The van der Waals surface area contributed by atoms with Gasteiger partial charge in [0.2, 0.25) is 0 Å². The summed E-state index contributed by atoms with van der Waals surface area (Å²) in [5, 5.41) is 0. The van der Waals surface area contributed by atoms with Crippen molar-refractivity contribution in [3.63, 3.8) is 0 Å². The standard InChI is InChI=1S/C23H18N2O/c1-17-20(21-14-8-9-15-24-21)16-25(19-12-6-3-7-13-19)23(26)22(17)18-10-4-2-5-11-18/h2-16H,1H3. The van der Waals surface area contributed by atoms with Gasteiger partial charge < -0.3 is 0 Å². The molecule has 0 aliphatic rings. The molecule has 3 heteroatoms. The summed E-state index contributed by atoms with van der Waals surface area (Å²) >= 11 is 0. The number of benzene rings is 2. The summed E-state index contributed by atoms with van der Waals surface area (Å²) in [5.74, 6) is 0. The summed E-state index contributed by atoms with van der Waals surface area (Å²) in [7, 11) is 0. The predicted octanol–water partition coefficient (Wildman–Crippen LogP) is 4.87. The molecule has 0 radical (unpaired) electrons. The Morgan fingerprint density at radius 2 is 1.46 bits per heavy atom. The van der Waals surface area contributed by atoms with Crippen LogP contribution in [-0.4, -0.2) is 9.55 Å². The smallest absolute Gasteiger partial charge is 0.263 e. The lowest BCUT2D eigenvalue weighted by molar-refractivity contribution is 0.986. The van der Waals surface area contributed by atoms with Crippen molar-refractivity contribution in [2.24, 2.45) is 0 Å². The van der Waals surface area contributed by atoms with Gasteiger partial charge in [0.25, 0.3) is 5.56 Å². The van der Waals surface area contributed by atoms with Crippen LogP contribution >= 0.6 is 0 Å². The molecule has 0 saturated heterocycles. The molecule has 0 atom stereocenters. The van der Waals surface area contributed by atoms with Crippen LogP contribution in [0.4, 0.5) is 0 Å². The van der Waals surface area contributed by atoms with E-state index in [0.717, 1.165) is 28.1 Å². The number of aromatic nitrogens is 2. The monoisotopic (exact) mass is 338 g/mol. The van der Waals surface area contributed by atoms with Gasteiger partial charge in [-0.25, -0.2) is 0 Å². The van der Waals surface area contributed by atoms with Crippen LogP contribution in [-0.2, 0) is 0 Å². The van der Waals surface area contributed by atoms with E-state index >= 15 is 0 Å². The molecule has 0 N–H and O–H groups in total. The van der Waals surface area contributed by atoms with E-state index in [1.807, 2.05) is 92.0 Å². The quantitative estimate of drug-likeness (QED) is 0.534. The second-order valence-electron chi connectivity index (χ2n) is 6.13. The minimum Gasteiger partial charge on any atom is -0.283 e. The van der Waals surface area contributed by atoms with E-state index in [1.165, 1.54) is 0 Å². The van der Waals surface area contributed by atoms with Crippen molar-refractivity contribution in [3.05, 3.63) is 107 Å². The molecule has 0 aliphatic carbocycles. The number of hydrogen-bond acceptors (Lipinski definition) is 2. The fourth-order valence-corrected chi connectivity index (χ4v) is 3.21. The van der Waals surface area contributed by atoms with Crippen LogP contribution < -0.4 is 5.56 Å². The zero-order valence-electron chi connectivity index (χ0n) is 14.5. The Kier molecular flexibility index (Phi) is 4.20. The largest absolute Gasteiger partial charge is 0.283 e. The van der Waals surface area contributed by atoms with E-state index < -0.39 is 0 Å². The molecule has 4 aromatic rings. The average molecular weight is 338 g/mol. The van der Waals surface area contributed by atoms with E-state index in [2.05, 4.69) is 4.98 Å². The molecule has 0 spiro atoms. The third kappa shape index (κ3) is 2.84. The molecule has 0 saturated carbocycles. The first-order valence-corrected chi connectivity index (χ1v) is 8.54. The Balaban J connectivity index is 2.07. The minimum atomic E-state index is -0.0282. The molecule has 3 nitrogen and oxygen atoms in total. The van der Waals surface area contributed by atoms with Gasteiger partial charge in [0.1, 0.15) is 0 Å². The summed E-state index contributed by atoms with van der Waals surface area (Å²) in [6, 6.07) is 25.3. The highest BCUT2D eigenvalue weighted by molar-refractivity contribution is 5.76. The molecular weight excluding hydrogens is 320 g/mol. The van der Waals surface area contributed by atoms with Crippen molar-refractivity contribution in [1.82, 2.24) is 9.55 Å². The van der Waals surface area contributed by atoms with Crippen molar-refractivity contribution in [2.45, 2.75) is 6.92 Å². The lowest BCUT2D eigenvalue weighted by Crippen LogP contribution is -2.21. The van der Waals surface area contributed by atoms with E-state index in [-0.39, 0.29) is 5.56 Å². The van der Waals surface area contributed by atoms with Gasteiger partial charge >= 0.3 is 0 Å². The van der Waals surface area contributed by atoms with Gasteiger partial charge in [-0.2, -0.15) is 0 Å². The molecule has 2 aromatic carbocycles. The molecular formula is C23H18N2O. The maximum Gasteiger partial charge on any atom is 0.263 e. The van der Waals surface area contributed by atoms with E-state index in [1.54, 1.807) is 10.8 Å². The number of nitrogens with zero attached hydrogens (tertiary/aromatic N) is 2. The van der Waals surface area contributed by atoms with Gasteiger partial charge in [-0.1, -0.05) is 54.6 Å². The summed E-state index contributed by atoms with van der Waals surface area (Å²) < 4.78 is 1.71. The Bertz CT molecular complexity index is 1090. The predicted molar refractivity (Wildman–Crippen MR) is 105 cm³/mol. The lowest BCUT2D eigenvalue weighted by Gasteiger charge is -2.16. The van der Waals surface area contributed by atoms with Crippen molar-refractivity contribution in [2.75, 3.05) is 0 Å². The minimum absolute atomic E-state index is 0.0282. The Labute approximate surface area is 152 Å². The first-order valence-electron chi connectivity index (χ1n) is 8.54. The molecule has 0 fully saturated rings. The third-order valence-corrected chi connectivity index (χ3v) is 4.51. The van der Waals surface area contributed by atoms with Crippen molar-refractivity contribution >= 4 is 0 Å². The Morgan fingerprint density at radius 3 is 2.12 bits per heavy atom. The molecule has 126 valence electrons. The van der Waals surface area contributed by atoms with E-state index in [0.29, 0.717) is 5.56 Å². The molecule has 4 rings (SSSR count). The Morgan fingerprint density at radius 1 is 0.808 bits per heavy atom. The fourth-order valence-electron chi connectivity index (χ4n) is 3.21. The Hall–Kier alpha value is -3.46. The van der Waals surface area contributed by atoms with Crippen LogP contribution in [0.1, 0.15) is 5.56 Å². The van der Waals surface area contributed by atoms with Crippen LogP contribution in [0.2, 0.25) is 0 Å². The van der Waals surface area contributed by atoms with Crippen LogP contribution in [0, 0.1) is 6.92 Å². The van der Waals surface area contributed by atoms with Crippen LogP contribution in [0.3, 0.4) is 0 Å². The highest BCUT2D eigenvalue weighted by atomic mass is 16.1. The fraction of sp³-hybridized carbons (Fsp3) is 0.0435. The number of hydrogen-bond donors (Lipinski definition) is 0. The maximum absolute atomic E-state index is 13.3. The molecule has 0 amide bonds. The highest BCUT2D eigenvalue weighted by Crippen LogP contribution is 2.29. The molecule has 2 heterocycles. The third-order valence-electron chi connectivity index (χ3n) is 4.51. The van der Waals surface area contributed by atoms with Crippen molar-refractivity contribution in [1.29, 1.82) is 0 Å². The van der Waals surface area contributed by atoms with Crippen LogP contribution in [0.5, 0.6) is 0 Å². The SMILES string of the molecule is Cc1c(-c2ccccn2)cn(-c2ccccc2)c(=O)c1-c1ccccc1. The summed E-state index contributed by atoms with van der Waals surface area (Å²) in [5.41, 5.74) is 5.17. The van der Waals surface area contributed by atoms with Gasteiger partial charge in [-0.15, -0.1) is 0 Å². The molecule has 26 heavy (non-hydrogen) atoms. The topological polar surface area (TPSA) is 34.9 Å². The summed E-state index contributed by atoms with van der Waals surface area (Å²) in [6.45, 7) is 1.99. The van der Waals surface area contributed by atoms with Gasteiger partial charge in [0, 0.05) is 23.6 Å². The zero-order chi connectivity index (χ0) is 17.9. The van der Waals surface area contributed by atoms with E-state index in [4.69, 9.17) is 0 Å². The second kappa shape index (κ2) is 6.81. The zero-order valence-corrected chi connectivity index (χ0v) is 14.5. The number of pyridine rings is 2. The van der Waals surface area contributed by atoms with E-state index in [9.17, 15) is 4.79 Å². The first-order chi connectivity index (χ1) is 12.8. The van der Waals surface area contributed by atoms with Crippen molar-refractivity contribution in [3.8, 4) is 28.1 Å². The lowest BCUT2D eigenvalue weighted by atomic mass is 9.97. The van der Waals surface area contributed by atoms with Gasteiger partial charge in [-0.05, 0) is 42.3 Å². The van der Waals surface area contributed by atoms with Gasteiger partial charge in [-0.3, -0.25) is 14.3 Å². The number of rotatable bonds is 3. The molecule has 0 aliphatic heterocycles. The molecule has 0 unspecified atom stereocenters. The number of para-hydroxylation sites is 1. The van der Waals surface area contributed by atoms with Gasteiger partial charge in [0.05, 0.1) is 11.3 Å². The summed E-state index contributed by atoms with van der Waals surface area (Å²) in [4.78, 5) is 17.8. The van der Waals surface area contributed by atoms with Crippen LogP contribution in [0.15, 0.2) is 96.1 Å². The molecule has 0 bridgehead atoms. The van der Waals surface area contributed by atoms with Gasteiger partial charge in [0.15, 0.2) is 0 Å². The maximum atomic E-state index is 13.3. The average Bonchev–Trinajstić information content (AvgIpc) is 2.70. The van der Waals surface area contributed by atoms with Crippen LogP contribution in [0.25, 0.3) is 28.1 Å².